The molecule has 0 saturated heterocycles. The summed E-state index contributed by atoms with van der Waals surface area (Å²) in [5.74, 6) is 0.667. The van der Waals surface area contributed by atoms with Crippen LogP contribution in [0.2, 0.25) is 19.6 Å². The van der Waals surface area contributed by atoms with Crippen molar-refractivity contribution < 1.29 is 24.5 Å². The molecule has 0 aliphatic heterocycles. The molecule has 8 rings (SSSR count). The quantitative estimate of drug-likeness (QED) is 0.118. The van der Waals surface area contributed by atoms with Crippen LogP contribution < -0.4 is 5.19 Å². The SMILES string of the molecule is CC(C)Cc1cc(-c2[c-]cccc2)ncc1[Si](C)(C)C.Cc1ccnc(-c2[c-]ccc3c2oc2c(-c4ccccc4)ccc(-c4ccccc4)c23)c1.[Ir]. The van der Waals surface area contributed by atoms with Crippen LogP contribution in [0, 0.1) is 25.0 Å². The van der Waals surface area contributed by atoms with E-state index in [0.29, 0.717) is 5.92 Å². The number of pyridine rings is 2. The van der Waals surface area contributed by atoms with Gasteiger partial charge >= 0.3 is 0 Å². The maximum Gasteiger partial charge on any atom is 0.129 e. The van der Waals surface area contributed by atoms with Crippen LogP contribution in [0.15, 0.2) is 144 Å². The second-order valence-corrected chi connectivity index (χ2v) is 19.9. The minimum atomic E-state index is -1.34. The summed E-state index contributed by atoms with van der Waals surface area (Å²) in [5, 5.41) is 3.69. The van der Waals surface area contributed by atoms with Crippen molar-refractivity contribution in [3.8, 4) is 44.8 Å². The molecule has 5 heteroatoms. The van der Waals surface area contributed by atoms with E-state index in [9.17, 15) is 0 Å². The van der Waals surface area contributed by atoms with E-state index < -0.39 is 8.07 Å². The van der Waals surface area contributed by atoms with Crippen LogP contribution in [0.5, 0.6) is 0 Å². The molecule has 0 bridgehead atoms. The summed E-state index contributed by atoms with van der Waals surface area (Å²) in [5.41, 5.74) is 12.8. The fraction of sp³-hybridized carbons (Fsp3) is 0.167. The number of hydrogen-bond donors (Lipinski definition) is 0. The molecule has 0 N–H and O–H groups in total. The minimum Gasteiger partial charge on any atom is -0.500 e. The third-order valence-electron chi connectivity index (χ3n) is 9.33. The first kappa shape index (κ1) is 37.8. The Morgan fingerprint density at radius 3 is 2.00 bits per heavy atom. The van der Waals surface area contributed by atoms with E-state index in [1.54, 1.807) is 0 Å². The van der Waals surface area contributed by atoms with Crippen molar-refractivity contribution >= 4 is 35.2 Å². The molecular formula is C48H44IrN2OSi-2. The van der Waals surface area contributed by atoms with Crippen LogP contribution in [-0.2, 0) is 26.5 Å². The number of rotatable bonds is 7. The Morgan fingerprint density at radius 2 is 1.36 bits per heavy atom. The van der Waals surface area contributed by atoms with Gasteiger partial charge < -0.3 is 14.4 Å². The zero-order valence-electron chi connectivity index (χ0n) is 31.2. The van der Waals surface area contributed by atoms with Gasteiger partial charge in [0.2, 0.25) is 0 Å². The number of fused-ring (bicyclic) bond motifs is 3. The molecule has 0 atom stereocenters. The van der Waals surface area contributed by atoms with Crippen molar-refractivity contribution in [1.82, 2.24) is 9.97 Å². The van der Waals surface area contributed by atoms with E-state index in [0.717, 1.165) is 73.1 Å². The summed E-state index contributed by atoms with van der Waals surface area (Å²) >= 11 is 0. The Morgan fingerprint density at radius 1 is 0.679 bits per heavy atom. The van der Waals surface area contributed by atoms with E-state index in [-0.39, 0.29) is 20.1 Å². The maximum absolute atomic E-state index is 6.65. The number of aryl methyl sites for hydroxylation is 1. The molecule has 5 aromatic carbocycles. The van der Waals surface area contributed by atoms with Crippen molar-refractivity contribution in [3.05, 3.63) is 163 Å². The third kappa shape index (κ3) is 8.34. The summed E-state index contributed by atoms with van der Waals surface area (Å²) in [6, 6.07) is 50.4. The van der Waals surface area contributed by atoms with Crippen LogP contribution in [-0.4, -0.2) is 18.0 Å². The van der Waals surface area contributed by atoms with Gasteiger partial charge in [-0.25, -0.2) is 0 Å². The first-order valence-electron chi connectivity index (χ1n) is 18.1. The van der Waals surface area contributed by atoms with Gasteiger partial charge in [-0.05, 0) is 58.6 Å². The molecule has 3 nitrogen and oxygen atoms in total. The third-order valence-corrected chi connectivity index (χ3v) is 11.4. The Hall–Kier alpha value is -4.93. The molecule has 3 heterocycles. The van der Waals surface area contributed by atoms with Gasteiger partial charge in [-0.2, -0.15) is 0 Å². The van der Waals surface area contributed by atoms with Crippen molar-refractivity contribution in [1.29, 1.82) is 0 Å². The molecule has 0 fully saturated rings. The van der Waals surface area contributed by atoms with Gasteiger partial charge in [-0.15, -0.1) is 54.1 Å². The zero-order valence-corrected chi connectivity index (χ0v) is 34.6. The molecule has 0 amide bonds. The average Bonchev–Trinajstić information content (AvgIpc) is 3.55. The van der Waals surface area contributed by atoms with Crippen LogP contribution in [0.25, 0.3) is 66.7 Å². The molecule has 267 valence electrons. The minimum absolute atomic E-state index is 0. The molecule has 53 heavy (non-hydrogen) atoms. The first-order chi connectivity index (χ1) is 25.2. The molecule has 3 aromatic heterocycles. The number of furan rings is 1. The summed E-state index contributed by atoms with van der Waals surface area (Å²) < 4.78 is 6.65. The smallest absolute Gasteiger partial charge is 0.129 e. The van der Waals surface area contributed by atoms with Gasteiger partial charge in [0.1, 0.15) is 5.58 Å². The standard InChI is InChI=1S/C30H20NO.C18H24NSi.Ir/c1-20-17-18-31-27(19-20)25-13-8-14-26-28-23(21-9-4-2-5-10-21)15-16-24(30(28)32-29(25)26)22-11-6-3-7-12-22;1-14(2)11-16-12-17(15-9-7-6-8-10-15)19-13-18(16)20(3,4)5;/h2-12,14-19H,1H3;6-9,12-14H,11H2,1-5H3;/q2*-1;. The van der Waals surface area contributed by atoms with Crippen molar-refractivity contribution in [2.75, 3.05) is 0 Å². The van der Waals surface area contributed by atoms with Crippen molar-refractivity contribution in [3.63, 3.8) is 0 Å². The van der Waals surface area contributed by atoms with Crippen molar-refractivity contribution in [2.24, 2.45) is 5.92 Å². The van der Waals surface area contributed by atoms with E-state index in [1.807, 2.05) is 48.7 Å². The Kier molecular flexibility index (Phi) is 11.7. The fourth-order valence-electron chi connectivity index (χ4n) is 6.89. The molecule has 0 aliphatic carbocycles. The second-order valence-electron chi connectivity index (χ2n) is 14.9. The predicted molar refractivity (Wildman–Crippen MR) is 221 cm³/mol. The van der Waals surface area contributed by atoms with Crippen LogP contribution in [0.3, 0.4) is 0 Å². The summed E-state index contributed by atoms with van der Waals surface area (Å²) in [6.45, 7) is 13.8. The number of nitrogens with zero attached hydrogens (tertiary/aromatic N) is 2. The average molecular weight is 885 g/mol. The van der Waals surface area contributed by atoms with E-state index in [4.69, 9.17) is 4.42 Å². The topological polar surface area (TPSA) is 38.9 Å². The van der Waals surface area contributed by atoms with Crippen LogP contribution in [0.1, 0.15) is 25.0 Å². The monoisotopic (exact) mass is 885 g/mol. The fourth-order valence-corrected chi connectivity index (χ4v) is 8.48. The zero-order chi connectivity index (χ0) is 36.2. The van der Waals surface area contributed by atoms with Gasteiger partial charge in [-0.1, -0.05) is 140 Å². The Bertz CT molecular complexity index is 2450. The van der Waals surface area contributed by atoms with Gasteiger partial charge in [0.05, 0.1) is 13.7 Å². The van der Waals surface area contributed by atoms with Gasteiger partial charge in [0.15, 0.2) is 0 Å². The molecule has 0 aliphatic rings. The summed E-state index contributed by atoms with van der Waals surface area (Å²) in [4.78, 5) is 9.29. The molecule has 0 spiro atoms. The van der Waals surface area contributed by atoms with Crippen molar-refractivity contribution in [2.45, 2.75) is 46.8 Å². The molecular weight excluding hydrogens is 841 g/mol. The number of aromatic nitrogens is 2. The Labute approximate surface area is 328 Å². The Balaban J connectivity index is 0.000000199. The normalized spacial score (nSPS) is 11.3. The molecule has 1 radical (unpaired) electrons. The first-order valence-corrected chi connectivity index (χ1v) is 21.6. The molecule has 8 aromatic rings. The second kappa shape index (κ2) is 16.4. The van der Waals surface area contributed by atoms with Gasteiger partial charge in [0.25, 0.3) is 0 Å². The largest absolute Gasteiger partial charge is 0.500 e. The van der Waals surface area contributed by atoms with Gasteiger partial charge in [-0.3, -0.25) is 0 Å². The van der Waals surface area contributed by atoms with Gasteiger partial charge in [0, 0.05) is 43.4 Å². The number of hydrogen-bond acceptors (Lipinski definition) is 3. The van der Waals surface area contributed by atoms with E-state index in [2.05, 4.69) is 154 Å². The van der Waals surface area contributed by atoms with Crippen LogP contribution in [0.4, 0.5) is 0 Å². The maximum atomic E-state index is 6.65. The predicted octanol–water partition coefficient (Wildman–Crippen LogP) is 12.4. The summed E-state index contributed by atoms with van der Waals surface area (Å²) in [6.07, 6.45) is 5.08. The molecule has 0 unspecified atom stereocenters. The van der Waals surface area contributed by atoms with Crippen LogP contribution >= 0.6 is 0 Å². The summed E-state index contributed by atoms with van der Waals surface area (Å²) in [7, 11) is -1.34. The number of benzene rings is 5. The molecule has 0 saturated carbocycles. The van der Waals surface area contributed by atoms with E-state index >= 15 is 0 Å². The van der Waals surface area contributed by atoms with E-state index in [1.165, 1.54) is 16.3 Å².